The van der Waals surface area contributed by atoms with Gasteiger partial charge in [-0.15, -0.1) is 0 Å². The SMILES string of the molecule is CC1CCN(c2cccc(NC(C)(C)C)n2)CC1C. The molecule has 2 unspecified atom stereocenters. The Labute approximate surface area is 117 Å². The van der Waals surface area contributed by atoms with Crippen molar-refractivity contribution in [3.8, 4) is 0 Å². The lowest BCUT2D eigenvalue weighted by Crippen LogP contribution is -2.39. The molecule has 0 aliphatic carbocycles. The van der Waals surface area contributed by atoms with Crippen molar-refractivity contribution in [1.82, 2.24) is 4.98 Å². The lowest BCUT2D eigenvalue weighted by molar-refractivity contribution is 0.323. The molecule has 1 aliphatic rings. The summed E-state index contributed by atoms with van der Waals surface area (Å²) in [7, 11) is 0. The second-order valence-electron chi connectivity index (χ2n) is 6.95. The number of pyridine rings is 1. The molecule has 1 aliphatic heterocycles. The molecule has 2 heterocycles. The number of anilines is 2. The minimum atomic E-state index is 0.0509. The Balaban J connectivity index is 2.10. The van der Waals surface area contributed by atoms with Crippen LogP contribution in [0.25, 0.3) is 0 Å². The van der Waals surface area contributed by atoms with Crippen molar-refractivity contribution in [2.45, 2.75) is 46.6 Å². The molecule has 0 bridgehead atoms. The van der Waals surface area contributed by atoms with Gasteiger partial charge in [0.15, 0.2) is 0 Å². The van der Waals surface area contributed by atoms with Crippen molar-refractivity contribution in [2.24, 2.45) is 11.8 Å². The predicted molar refractivity (Wildman–Crippen MR) is 82.8 cm³/mol. The van der Waals surface area contributed by atoms with Crippen molar-refractivity contribution in [1.29, 1.82) is 0 Å². The van der Waals surface area contributed by atoms with Crippen LogP contribution in [0.5, 0.6) is 0 Å². The number of hydrogen-bond donors (Lipinski definition) is 1. The average molecular weight is 261 g/mol. The van der Waals surface area contributed by atoms with Crippen molar-refractivity contribution in [3.63, 3.8) is 0 Å². The predicted octanol–water partition coefficient (Wildman–Crippen LogP) is 3.77. The van der Waals surface area contributed by atoms with Crippen LogP contribution in [0.2, 0.25) is 0 Å². The number of rotatable bonds is 2. The highest BCUT2D eigenvalue weighted by atomic mass is 15.2. The van der Waals surface area contributed by atoms with Crippen molar-refractivity contribution in [3.05, 3.63) is 18.2 Å². The van der Waals surface area contributed by atoms with Gasteiger partial charge >= 0.3 is 0 Å². The van der Waals surface area contributed by atoms with E-state index in [0.29, 0.717) is 0 Å². The number of piperidine rings is 1. The third-order valence-electron chi connectivity index (χ3n) is 3.90. The van der Waals surface area contributed by atoms with Crippen LogP contribution in [0, 0.1) is 11.8 Å². The summed E-state index contributed by atoms with van der Waals surface area (Å²) in [5, 5.41) is 3.44. The van der Waals surface area contributed by atoms with Gasteiger partial charge in [-0.3, -0.25) is 0 Å². The topological polar surface area (TPSA) is 28.2 Å². The number of aromatic nitrogens is 1. The molecule has 0 saturated carbocycles. The summed E-state index contributed by atoms with van der Waals surface area (Å²) < 4.78 is 0. The summed E-state index contributed by atoms with van der Waals surface area (Å²) in [6.07, 6.45) is 1.26. The van der Waals surface area contributed by atoms with Gasteiger partial charge in [0.2, 0.25) is 0 Å². The molecule has 3 nitrogen and oxygen atoms in total. The average Bonchev–Trinajstić information content (AvgIpc) is 2.31. The largest absolute Gasteiger partial charge is 0.365 e. The lowest BCUT2D eigenvalue weighted by atomic mass is 9.89. The standard InChI is InChI=1S/C16H27N3/c1-12-9-10-19(11-13(12)2)15-8-6-7-14(17-15)18-16(3,4)5/h6-8,12-13H,9-11H2,1-5H3,(H,17,18). The van der Waals surface area contributed by atoms with E-state index in [0.717, 1.165) is 36.6 Å². The zero-order valence-electron chi connectivity index (χ0n) is 12.9. The Hall–Kier alpha value is -1.25. The first-order chi connectivity index (χ1) is 8.85. The van der Waals surface area contributed by atoms with Crippen LogP contribution >= 0.6 is 0 Å². The molecule has 1 saturated heterocycles. The molecule has 0 aromatic carbocycles. The van der Waals surface area contributed by atoms with Gasteiger partial charge in [0.25, 0.3) is 0 Å². The summed E-state index contributed by atoms with van der Waals surface area (Å²) in [4.78, 5) is 7.17. The molecular formula is C16H27N3. The minimum Gasteiger partial charge on any atom is -0.365 e. The van der Waals surface area contributed by atoms with E-state index in [4.69, 9.17) is 4.98 Å². The van der Waals surface area contributed by atoms with Crippen LogP contribution in [0.1, 0.15) is 41.0 Å². The molecule has 1 aromatic heterocycles. The Kier molecular flexibility index (Phi) is 4.02. The molecule has 2 atom stereocenters. The fourth-order valence-corrected chi connectivity index (χ4v) is 2.52. The minimum absolute atomic E-state index is 0.0509. The Morgan fingerprint density at radius 1 is 1.21 bits per heavy atom. The first-order valence-corrected chi connectivity index (χ1v) is 7.35. The van der Waals surface area contributed by atoms with Gasteiger partial charge in [0.05, 0.1) is 0 Å². The van der Waals surface area contributed by atoms with Crippen LogP contribution < -0.4 is 10.2 Å². The van der Waals surface area contributed by atoms with Crippen molar-refractivity contribution in [2.75, 3.05) is 23.3 Å². The maximum absolute atomic E-state index is 4.76. The summed E-state index contributed by atoms with van der Waals surface area (Å²) in [5.74, 6) is 3.64. The summed E-state index contributed by atoms with van der Waals surface area (Å²) in [5.41, 5.74) is 0.0509. The first kappa shape index (κ1) is 14.2. The molecule has 0 radical (unpaired) electrons. The van der Waals surface area contributed by atoms with Crippen LogP contribution in [-0.4, -0.2) is 23.6 Å². The third-order valence-corrected chi connectivity index (χ3v) is 3.90. The van der Waals surface area contributed by atoms with Gasteiger partial charge in [-0.1, -0.05) is 19.9 Å². The van der Waals surface area contributed by atoms with Gasteiger partial charge in [0, 0.05) is 18.6 Å². The Morgan fingerprint density at radius 3 is 2.58 bits per heavy atom. The second kappa shape index (κ2) is 5.40. The first-order valence-electron chi connectivity index (χ1n) is 7.35. The van der Waals surface area contributed by atoms with E-state index in [2.05, 4.69) is 57.0 Å². The quantitative estimate of drug-likeness (QED) is 0.878. The fraction of sp³-hybridized carbons (Fsp3) is 0.688. The Morgan fingerprint density at radius 2 is 1.95 bits per heavy atom. The van der Waals surface area contributed by atoms with E-state index in [9.17, 15) is 0 Å². The zero-order valence-corrected chi connectivity index (χ0v) is 12.9. The number of hydrogen-bond acceptors (Lipinski definition) is 3. The molecule has 106 valence electrons. The maximum Gasteiger partial charge on any atom is 0.130 e. The fourth-order valence-electron chi connectivity index (χ4n) is 2.52. The monoisotopic (exact) mass is 261 g/mol. The second-order valence-corrected chi connectivity index (χ2v) is 6.95. The maximum atomic E-state index is 4.76. The van der Waals surface area contributed by atoms with Gasteiger partial charge in [-0.05, 0) is 51.2 Å². The van der Waals surface area contributed by atoms with Gasteiger partial charge < -0.3 is 10.2 Å². The third kappa shape index (κ3) is 3.85. The molecule has 19 heavy (non-hydrogen) atoms. The zero-order chi connectivity index (χ0) is 14.0. The summed E-state index contributed by atoms with van der Waals surface area (Å²) >= 11 is 0. The van der Waals surface area contributed by atoms with Gasteiger partial charge in [0.1, 0.15) is 11.6 Å². The highest BCUT2D eigenvalue weighted by Gasteiger charge is 2.23. The van der Waals surface area contributed by atoms with Crippen molar-refractivity contribution < 1.29 is 0 Å². The van der Waals surface area contributed by atoms with E-state index in [1.165, 1.54) is 6.42 Å². The van der Waals surface area contributed by atoms with E-state index < -0.39 is 0 Å². The lowest BCUT2D eigenvalue weighted by Gasteiger charge is -2.36. The molecular weight excluding hydrogens is 234 g/mol. The van der Waals surface area contributed by atoms with Gasteiger partial charge in [-0.25, -0.2) is 4.98 Å². The molecule has 3 heteroatoms. The molecule has 1 aromatic rings. The van der Waals surface area contributed by atoms with E-state index in [1.54, 1.807) is 0 Å². The van der Waals surface area contributed by atoms with Crippen LogP contribution in [0.4, 0.5) is 11.6 Å². The van der Waals surface area contributed by atoms with E-state index in [1.807, 2.05) is 6.07 Å². The van der Waals surface area contributed by atoms with Crippen molar-refractivity contribution >= 4 is 11.6 Å². The van der Waals surface area contributed by atoms with Gasteiger partial charge in [-0.2, -0.15) is 0 Å². The van der Waals surface area contributed by atoms with Crippen LogP contribution in [0.3, 0.4) is 0 Å². The summed E-state index contributed by atoms with van der Waals surface area (Å²) in [6, 6.07) is 6.26. The number of nitrogens with one attached hydrogen (secondary N) is 1. The normalized spacial score (nSPS) is 24.4. The molecule has 2 rings (SSSR count). The van der Waals surface area contributed by atoms with E-state index >= 15 is 0 Å². The van der Waals surface area contributed by atoms with Crippen LogP contribution in [-0.2, 0) is 0 Å². The number of nitrogens with zero attached hydrogens (tertiary/aromatic N) is 2. The molecule has 0 spiro atoms. The smallest absolute Gasteiger partial charge is 0.130 e. The molecule has 1 N–H and O–H groups in total. The van der Waals surface area contributed by atoms with Crippen LogP contribution in [0.15, 0.2) is 18.2 Å². The Bertz CT molecular complexity index is 422. The summed E-state index contributed by atoms with van der Waals surface area (Å²) in [6.45, 7) is 13.4. The molecule has 1 fully saturated rings. The highest BCUT2D eigenvalue weighted by Crippen LogP contribution is 2.26. The molecule has 0 amide bonds. The highest BCUT2D eigenvalue weighted by molar-refractivity contribution is 5.48. The van der Waals surface area contributed by atoms with E-state index in [-0.39, 0.29) is 5.54 Å².